The number of thioether (sulfide) groups is 1. The first-order valence-corrected chi connectivity index (χ1v) is 11.5. The number of benzene rings is 2. The molecule has 3 aromatic rings. The van der Waals surface area contributed by atoms with Gasteiger partial charge in [0.1, 0.15) is 0 Å². The van der Waals surface area contributed by atoms with Gasteiger partial charge in [0.05, 0.1) is 5.75 Å². The third-order valence-electron chi connectivity index (χ3n) is 5.15. The maximum atomic E-state index is 12.6. The fraction of sp³-hybridized carbons (Fsp3) is 0.318. The third kappa shape index (κ3) is 5.48. The SMILES string of the molecule is O=C(CSc1nnc(-c2ccc(Br)cc2)o1)N1CCC(Cc2ccccc2)CC1. The summed E-state index contributed by atoms with van der Waals surface area (Å²) in [6.45, 7) is 1.65. The van der Waals surface area contributed by atoms with Crippen LogP contribution in [0.25, 0.3) is 11.5 Å². The van der Waals surface area contributed by atoms with Gasteiger partial charge in [0.25, 0.3) is 5.22 Å². The predicted molar refractivity (Wildman–Crippen MR) is 118 cm³/mol. The summed E-state index contributed by atoms with van der Waals surface area (Å²) in [5.41, 5.74) is 2.24. The molecule has 0 unspecified atom stereocenters. The number of nitrogens with zero attached hydrogens (tertiary/aromatic N) is 3. The van der Waals surface area contributed by atoms with E-state index < -0.39 is 0 Å². The molecule has 0 radical (unpaired) electrons. The molecule has 1 amide bonds. The Morgan fingerprint density at radius 2 is 1.79 bits per heavy atom. The molecule has 29 heavy (non-hydrogen) atoms. The topological polar surface area (TPSA) is 59.2 Å². The molecule has 0 bridgehead atoms. The van der Waals surface area contributed by atoms with Crippen LogP contribution in [0.3, 0.4) is 0 Å². The molecule has 1 saturated heterocycles. The number of amides is 1. The number of aromatic nitrogens is 2. The Bertz CT molecular complexity index is 938. The Hall–Kier alpha value is -2.12. The second-order valence-corrected chi connectivity index (χ2v) is 9.02. The fourth-order valence-electron chi connectivity index (χ4n) is 3.53. The summed E-state index contributed by atoms with van der Waals surface area (Å²) in [5, 5.41) is 8.56. The van der Waals surface area contributed by atoms with Gasteiger partial charge in [-0.25, -0.2) is 0 Å². The summed E-state index contributed by atoms with van der Waals surface area (Å²) in [6, 6.07) is 18.3. The molecule has 1 fully saturated rings. The van der Waals surface area contributed by atoms with Crippen LogP contribution in [-0.4, -0.2) is 39.8 Å². The van der Waals surface area contributed by atoms with Gasteiger partial charge in [-0.3, -0.25) is 4.79 Å². The third-order valence-corrected chi connectivity index (χ3v) is 6.48. The van der Waals surface area contributed by atoms with E-state index in [0.717, 1.165) is 42.4 Å². The van der Waals surface area contributed by atoms with Crippen molar-refractivity contribution in [1.29, 1.82) is 0 Å². The molecule has 2 heterocycles. The van der Waals surface area contributed by atoms with Gasteiger partial charge < -0.3 is 9.32 Å². The summed E-state index contributed by atoms with van der Waals surface area (Å²) in [6.07, 6.45) is 3.21. The van der Waals surface area contributed by atoms with E-state index in [4.69, 9.17) is 4.42 Å². The van der Waals surface area contributed by atoms with Crippen molar-refractivity contribution in [1.82, 2.24) is 15.1 Å². The Balaban J connectivity index is 1.24. The maximum Gasteiger partial charge on any atom is 0.277 e. The van der Waals surface area contributed by atoms with Gasteiger partial charge in [-0.15, -0.1) is 10.2 Å². The molecule has 1 aromatic heterocycles. The first kappa shape index (κ1) is 20.2. The van der Waals surface area contributed by atoms with Gasteiger partial charge in [-0.2, -0.15) is 0 Å². The van der Waals surface area contributed by atoms with Crippen LogP contribution >= 0.6 is 27.7 Å². The highest BCUT2D eigenvalue weighted by Crippen LogP contribution is 2.26. The second kappa shape index (κ2) is 9.59. The van der Waals surface area contributed by atoms with E-state index in [0.29, 0.717) is 22.8 Å². The smallest absolute Gasteiger partial charge is 0.277 e. The zero-order valence-corrected chi connectivity index (χ0v) is 18.4. The molecular weight excluding hydrogens is 450 g/mol. The van der Waals surface area contributed by atoms with Crippen molar-refractivity contribution in [2.24, 2.45) is 5.92 Å². The first-order valence-electron chi connectivity index (χ1n) is 9.71. The van der Waals surface area contributed by atoms with E-state index in [1.807, 2.05) is 35.2 Å². The van der Waals surface area contributed by atoms with Gasteiger partial charge in [0, 0.05) is 23.1 Å². The molecule has 0 aliphatic carbocycles. The van der Waals surface area contributed by atoms with Gasteiger partial charge in [0.2, 0.25) is 11.8 Å². The summed E-state index contributed by atoms with van der Waals surface area (Å²) in [7, 11) is 0. The monoisotopic (exact) mass is 471 g/mol. The van der Waals surface area contributed by atoms with Crippen molar-refractivity contribution in [2.75, 3.05) is 18.8 Å². The van der Waals surface area contributed by atoms with Gasteiger partial charge in [-0.1, -0.05) is 58.0 Å². The summed E-state index contributed by atoms with van der Waals surface area (Å²) in [4.78, 5) is 14.5. The van der Waals surface area contributed by atoms with Crippen LogP contribution < -0.4 is 0 Å². The molecule has 0 saturated carbocycles. The molecule has 150 valence electrons. The maximum absolute atomic E-state index is 12.6. The molecule has 5 nitrogen and oxygen atoms in total. The van der Waals surface area contributed by atoms with Crippen molar-refractivity contribution in [3.05, 3.63) is 64.6 Å². The molecule has 0 spiro atoms. The quantitative estimate of drug-likeness (QED) is 0.469. The number of hydrogen-bond donors (Lipinski definition) is 0. The Morgan fingerprint density at radius 1 is 1.07 bits per heavy atom. The zero-order valence-electron chi connectivity index (χ0n) is 16.0. The summed E-state index contributed by atoms with van der Waals surface area (Å²) in [5.74, 6) is 1.58. The normalized spacial score (nSPS) is 14.9. The molecule has 0 N–H and O–H groups in total. The molecular formula is C22H22BrN3O2S. The number of likely N-dealkylation sites (tertiary alicyclic amines) is 1. The van der Waals surface area contributed by atoms with Crippen LogP contribution in [0.2, 0.25) is 0 Å². The van der Waals surface area contributed by atoms with Crippen molar-refractivity contribution in [3.63, 3.8) is 0 Å². The molecule has 1 aliphatic rings. The number of rotatable bonds is 6. The molecule has 0 atom stereocenters. The van der Waals surface area contributed by atoms with Crippen LogP contribution in [0.1, 0.15) is 18.4 Å². The number of halogens is 1. The molecule has 2 aromatic carbocycles. The molecule has 1 aliphatic heterocycles. The Kier molecular flexibility index (Phi) is 6.67. The number of hydrogen-bond acceptors (Lipinski definition) is 5. The van der Waals surface area contributed by atoms with E-state index in [2.05, 4.69) is 50.4 Å². The Morgan fingerprint density at radius 3 is 2.52 bits per heavy atom. The van der Waals surface area contributed by atoms with E-state index in [1.165, 1.54) is 17.3 Å². The highest BCUT2D eigenvalue weighted by atomic mass is 79.9. The highest BCUT2D eigenvalue weighted by molar-refractivity contribution is 9.10. The molecule has 4 rings (SSSR count). The minimum Gasteiger partial charge on any atom is -0.411 e. The standard InChI is InChI=1S/C22H22BrN3O2S/c23-19-8-6-18(7-9-19)21-24-25-22(28-21)29-15-20(27)26-12-10-17(11-13-26)14-16-4-2-1-3-5-16/h1-9,17H,10-15H2. The lowest BCUT2D eigenvalue weighted by atomic mass is 9.90. The minimum absolute atomic E-state index is 0.136. The lowest BCUT2D eigenvalue weighted by Crippen LogP contribution is -2.39. The van der Waals surface area contributed by atoms with Crippen molar-refractivity contribution in [3.8, 4) is 11.5 Å². The first-order chi connectivity index (χ1) is 14.2. The average molecular weight is 472 g/mol. The van der Waals surface area contributed by atoms with Crippen LogP contribution in [-0.2, 0) is 11.2 Å². The predicted octanol–water partition coefficient (Wildman–Crippen LogP) is 5.07. The highest BCUT2D eigenvalue weighted by Gasteiger charge is 2.23. The van der Waals surface area contributed by atoms with Crippen molar-refractivity contribution in [2.45, 2.75) is 24.5 Å². The fourth-order valence-corrected chi connectivity index (χ4v) is 4.46. The number of carbonyl (C=O) groups excluding carboxylic acids is 1. The Labute approximate surface area is 183 Å². The average Bonchev–Trinajstić information content (AvgIpc) is 3.23. The lowest BCUT2D eigenvalue weighted by molar-refractivity contribution is -0.129. The van der Waals surface area contributed by atoms with Crippen molar-refractivity contribution >= 4 is 33.6 Å². The molecule has 7 heteroatoms. The van der Waals surface area contributed by atoms with Gasteiger partial charge in [0.15, 0.2) is 0 Å². The number of carbonyl (C=O) groups is 1. The van der Waals surface area contributed by atoms with E-state index in [1.54, 1.807) is 0 Å². The van der Waals surface area contributed by atoms with Gasteiger partial charge >= 0.3 is 0 Å². The number of piperidine rings is 1. The van der Waals surface area contributed by atoms with Crippen LogP contribution in [0, 0.1) is 5.92 Å². The summed E-state index contributed by atoms with van der Waals surface area (Å²) < 4.78 is 6.68. The van der Waals surface area contributed by atoms with E-state index in [-0.39, 0.29) is 5.91 Å². The zero-order chi connectivity index (χ0) is 20.1. The van der Waals surface area contributed by atoms with Crippen LogP contribution in [0.4, 0.5) is 0 Å². The minimum atomic E-state index is 0.136. The largest absolute Gasteiger partial charge is 0.411 e. The van der Waals surface area contributed by atoms with Crippen LogP contribution in [0.15, 0.2) is 68.7 Å². The summed E-state index contributed by atoms with van der Waals surface area (Å²) >= 11 is 4.71. The van der Waals surface area contributed by atoms with E-state index >= 15 is 0 Å². The van der Waals surface area contributed by atoms with Crippen molar-refractivity contribution < 1.29 is 9.21 Å². The van der Waals surface area contributed by atoms with Gasteiger partial charge in [-0.05, 0) is 55.0 Å². The van der Waals surface area contributed by atoms with Crippen LogP contribution in [0.5, 0.6) is 0 Å². The van der Waals surface area contributed by atoms with E-state index in [9.17, 15) is 4.79 Å². The second-order valence-electron chi connectivity index (χ2n) is 7.18. The lowest BCUT2D eigenvalue weighted by Gasteiger charge is -2.32.